The van der Waals surface area contributed by atoms with E-state index in [-0.39, 0.29) is 16.8 Å². The normalized spacial score (nSPS) is 13.3. The summed E-state index contributed by atoms with van der Waals surface area (Å²) in [6.07, 6.45) is 0.803. The van der Waals surface area contributed by atoms with Gasteiger partial charge in [0, 0.05) is 26.8 Å². The van der Waals surface area contributed by atoms with Gasteiger partial charge in [-0.15, -0.1) is 0 Å². The lowest BCUT2D eigenvalue weighted by Crippen LogP contribution is -2.38. The van der Waals surface area contributed by atoms with E-state index in [9.17, 15) is 13.2 Å². The molecule has 1 unspecified atom stereocenters. The number of carbonyl (C=O) groups is 1. The van der Waals surface area contributed by atoms with Crippen molar-refractivity contribution in [2.24, 2.45) is 5.92 Å². The van der Waals surface area contributed by atoms with Gasteiger partial charge in [-0.3, -0.25) is 4.79 Å². The monoisotopic (exact) mass is 395 g/mol. The maximum absolute atomic E-state index is 12.4. The predicted molar refractivity (Wildman–Crippen MR) is 88.3 cm³/mol. The van der Waals surface area contributed by atoms with Crippen molar-refractivity contribution in [3.63, 3.8) is 0 Å². The minimum atomic E-state index is -3.89. The Morgan fingerprint density at radius 3 is 2.38 bits per heavy atom. The first-order valence-corrected chi connectivity index (χ1v) is 9.73. The number of rotatable bonds is 5. The summed E-state index contributed by atoms with van der Waals surface area (Å²) in [5.41, 5.74) is 0.984. The molecule has 1 rings (SSSR count). The molecule has 0 heterocycles. The number of hydrogen-bond donors (Lipinski definition) is 1. The molecule has 4 nitrogen and oxygen atoms in total. The number of carbonyl (C=O) groups excluding carboxylic acids is 1. The molecule has 1 aromatic carbocycles. The van der Waals surface area contributed by atoms with E-state index in [4.69, 9.17) is 10.7 Å². The molecule has 0 aliphatic rings. The van der Waals surface area contributed by atoms with Crippen molar-refractivity contribution >= 4 is 41.6 Å². The molecular weight excluding hydrogens is 378 g/mol. The van der Waals surface area contributed by atoms with Crippen LogP contribution < -0.4 is 5.32 Å². The molecule has 21 heavy (non-hydrogen) atoms. The molecule has 1 atom stereocenters. The number of hydrogen-bond acceptors (Lipinski definition) is 3. The third-order valence-electron chi connectivity index (χ3n) is 3.41. The average molecular weight is 397 g/mol. The van der Waals surface area contributed by atoms with Crippen LogP contribution in [0.25, 0.3) is 0 Å². The van der Waals surface area contributed by atoms with E-state index >= 15 is 0 Å². The van der Waals surface area contributed by atoms with E-state index in [0.29, 0.717) is 21.5 Å². The molecule has 7 heteroatoms. The van der Waals surface area contributed by atoms with Crippen LogP contribution in [0.15, 0.2) is 21.5 Å². The highest BCUT2D eigenvalue weighted by Gasteiger charge is 2.21. The fourth-order valence-corrected chi connectivity index (χ4v) is 3.41. The molecule has 0 fully saturated rings. The Balaban J connectivity index is 3.24. The van der Waals surface area contributed by atoms with Crippen molar-refractivity contribution in [2.45, 2.75) is 45.1 Å². The van der Waals surface area contributed by atoms with Crippen LogP contribution in [0.4, 0.5) is 0 Å². The Kier molecular flexibility index (Phi) is 6.25. The lowest BCUT2D eigenvalue weighted by Gasteiger charge is -2.21. The van der Waals surface area contributed by atoms with E-state index in [1.165, 1.54) is 12.1 Å². The van der Waals surface area contributed by atoms with Crippen molar-refractivity contribution in [1.29, 1.82) is 0 Å². The lowest BCUT2D eigenvalue weighted by molar-refractivity contribution is 0.0923. The first-order valence-electron chi connectivity index (χ1n) is 6.63. The van der Waals surface area contributed by atoms with Gasteiger partial charge in [-0.05, 0) is 37.0 Å². The smallest absolute Gasteiger partial charge is 0.261 e. The number of nitrogens with one attached hydrogen (secondary N) is 1. The minimum Gasteiger partial charge on any atom is -0.349 e. The zero-order chi connectivity index (χ0) is 16.4. The molecule has 0 aliphatic carbocycles. The summed E-state index contributed by atoms with van der Waals surface area (Å²) in [6.45, 7) is 7.79. The summed E-state index contributed by atoms with van der Waals surface area (Å²) < 4.78 is 23.5. The fraction of sp³-hybridized carbons (Fsp3) is 0.500. The highest BCUT2D eigenvalue weighted by atomic mass is 79.9. The second kappa shape index (κ2) is 7.11. The van der Waals surface area contributed by atoms with E-state index in [1.54, 1.807) is 6.92 Å². The van der Waals surface area contributed by atoms with Crippen LogP contribution in [0, 0.1) is 12.8 Å². The van der Waals surface area contributed by atoms with E-state index in [2.05, 4.69) is 21.2 Å². The summed E-state index contributed by atoms with van der Waals surface area (Å²) in [4.78, 5) is 12.3. The fourth-order valence-electron chi connectivity index (χ4n) is 2.02. The molecule has 0 bridgehead atoms. The van der Waals surface area contributed by atoms with Crippen molar-refractivity contribution in [1.82, 2.24) is 5.32 Å². The highest BCUT2D eigenvalue weighted by Crippen LogP contribution is 2.27. The quantitative estimate of drug-likeness (QED) is 0.769. The molecule has 0 aliphatic heterocycles. The zero-order valence-electron chi connectivity index (χ0n) is 12.4. The highest BCUT2D eigenvalue weighted by molar-refractivity contribution is 9.10. The topological polar surface area (TPSA) is 63.2 Å². The summed E-state index contributed by atoms with van der Waals surface area (Å²) in [6, 6.07) is 2.74. The number of amides is 1. The SMILES string of the molecule is CCC(NC(=O)c1cc(S(=O)(=O)Cl)cc(Br)c1C)C(C)C. The van der Waals surface area contributed by atoms with Gasteiger partial charge in [-0.2, -0.15) is 0 Å². The largest absolute Gasteiger partial charge is 0.349 e. The van der Waals surface area contributed by atoms with Gasteiger partial charge >= 0.3 is 0 Å². The van der Waals surface area contributed by atoms with Gasteiger partial charge in [-0.1, -0.05) is 36.7 Å². The molecule has 1 aromatic rings. The summed E-state index contributed by atoms with van der Waals surface area (Å²) in [5, 5.41) is 2.93. The van der Waals surface area contributed by atoms with Crippen LogP contribution >= 0.6 is 26.6 Å². The predicted octanol–water partition coefficient (Wildman–Crippen LogP) is 3.85. The Labute approximate surface area is 138 Å². The van der Waals surface area contributed by atoms with E-state index < -0.39 is 9.05 Å². The summed E-state index contributed by atoms with van der Waals surface area (Å²) in [5.74, 6) is -0.00134. The Hall–Kier alpha value is -0.590. The van der Waals surface area contributed by atoms with Crippen molar-refractivity contribution in [3.05, 3.63) is 27.7 Å². The van der Waals surface area contributed by atoms with Crippen LogP contribution in [0.3, 0.4) is 0 Å². The molecule has 0 saturated heterocycles. The van der Waals surface area contributed by atoms with Crippen LogP contribution in [-0.2, 0) is 9.05 Å². The molecule has 0 spiro atoms. The molecule has 1 amide bonds. The van der Waals surface area contributed by atoms with E-state index in [0.717, 1.165) is 6.42 Å². The molecule has 1 N–H and O–H groups in total. The minimum absolute atomic E-state index is 0.0342. The summed E-state index contributed by atoms with van der Waals surface area (Å²) in [7, 11) is 1.48. The zero-order valence-corrected chi connectivity index (χ0v) is 15.6. The third-order valence-corrected chi connectivity index (χ3v) is 5.56. The van der Waals surface area contributed by atoms with Crippen molar-refractivity contribution in [3.8, 4) is 0 Å². The van der Waals surface area contributed by atoms with Crippen LogP contribution in [0.2, 0.25) is 0 Å². The first-order chi connectivity index (χ1) is 9.57. The van der Waals surface area contributed by atoms with Crippen LogP contribution in [0.5, 0.6) is 0 Å². The van der Waals surface area contributed by atoms with Gasteiger partial charge in [0.05, 0.1) is 4.90 Å². The molecular formula is C14H19BrClNO3S. The third kappa shape index (κ3) is 4.69. The van der Waals surface area contributed by atoms with Crippen LogP contribution in [-0.4, -0.2) is 20.4 Å². The van der Waals surface area contributed by atoms with Gasteiger partial charge in [-0.25, -0.2) is 8.42 Å². The maximum atomic E-state index is 12.4. The first kappa shape index (κ1) is 18.5. The number of halogens is 2. The molecule has 0 radical (unpaired) electrons. The Bertz CT molecular complexity index is 644. The van der Waals surface area contributed by atoms with E-state index in [1.807, 2.05) is 20.8 Å². The summed E-state index contributed by atoms with van der Waals surface area (Å²) >= 11 is 3.27. The Morgan fingerprint density at radius 2 is 1.95 bits per heavy atom. The lowest BCUT2D eigenvalue weighted by atomic mass is 10.0. The van der Waals surface area contributed by atoms with Crippen LogP contribution in [0.1, 0.15) is 43.1 Å². The second-order valence-electron chi connectivity index (χ2n) is 5.25. The molecule has 118 valence electrons. The molecule has 0 saturated carbocycles. The number of benzene rings is 1. The van der Waals surface area contributed by atoms with Gasteiger partial charge in [0.25, 0.3) is 15.0 Å². The molecule has 0 aromatic heterocycles. The van der Waals surface area contributed by atoms with Crippen molar-refractivity contribution in [2.75, 3.05) is 0 Å². The van der Waals surface area contributed by atoms with Gasteiger partial charge in [0.2, 0.25) is 0 Å². The maximum Gasteiger partial charge on any atom is 0.261 e. The van der Waals surface area contributed by atoms with Gasteiger partial charge in [0.1, 0.15) is 0 Å². The van der Waals surface area contributed by atoms with Gasteiger partial charge < -0.3 is 5.32 Å². The average Bonchev–Trinajstić information content (AvgIpc) is 2.36. The van der Waals surface area contributed by atoms with Crippen molar-refractivity contribution < 1.29 is 13.2 Å². The van der Waals surface area contributed by atoms with Gasteiger partial charge in [0.15, 0.2) is 0 Å². The Morgan fingerprint density at radius 1 is 1.38 bits per heavy atom. The standard InChI is InChI=1S/C14H19BrClNO3S/c1-5-13(8(2)3)17-14(18)11-6-10(21(16,19)20)7-12(15)9(11)4/h6-8,13H,5H2,1-4H3,(H,17,18). The second-order valence-corrected chi connectivity index (χ2v) is 8.67.